The van der Waals surface area contributed by atoms with Crippen molar-refractivity contribution in [2.75, 3.05) is 11.4 Å². The summed E-state index contributed by atoms with van der Waals surface area (Å²) in [6.45, 7) is 0.193. The van der Waals surface area contributed by atoms with Crippen LogP contribution in [0.15, 0.2) is 47.6 Å². The molecule has 1 unspecified atom stereocenters. The fourth-order valence-electron chi connectivity index (χ4n) is 6.30. The Bertz CT molecular complexity index is 1470. The molecule has 43 heavy (non-hydrogen) atoms. The highest BCUT2D eigenvalue weighted by Crippen LogP contribution is 3.02. The number of aromatic nitrogens is 1. The molecule has 1 N–H and O–H groups in total. The molecule has 1 aromatic heterocycles. The van der Waals surface area contributed by atoms with Gasteiger partial charge in [0.15, 0.2) is 6.19 Å². The van der Waals surface area contributed by atoms with Crippen molar-refractivity contribution < 1.29 is 42.2 Å². The quantitative estimate of drug-likeness (QED) is 0.261. The Morgan fingerprint density at radius 2 is 1.67 bits per heavy atom. The van der Waals surface area contributed by atoms with Gasteiger partial charge in [0.1, 0.15) is 22.3 Å². The topological polar surface area (TPSA) is 89.3 Å². The standard InChI is InChI=1S/C27H27F8N5O2S/c28-19-13-17(14-37-15-19)23(24(41)38-20-6-9-26(29,30)10-7-20)40(21-1-3-22(4-2-21)43(31,32,33,34)35)25(42)27-11-5-18(27)8-12-39(27)16-36/h1-4,13-15,18,20,23H,5-12H2,(H,38,41)/t18-,23?,27-/m1/s1. The molecular formula is C27H27F8N5O2S. The summed E-state index contributed by atoms with van der Waals surface area (Å²) in [5.41, 5.74) is -2.09. The number of amides is 2. The van der Waals surface area contributed by atoms with E-state index in [4.69, 9.17) is 0 Å². The van der Waals surface area contributed by atoms with Gasteiger partial charge in [-0.2, -0.15) is 5.26 Å². The van der Waals surface area contributed by atoms with Gasteiger partial charge in [-0.1, -0.05) is 19.4 Å². The zero-order chi connectivity index (χ0) is 31.5. The van der Waals surface area contributed by atoms with Crippen LogP contribution in [-0.4, -0.2) is 45.7 Å². The lowest BCUT2D eigenvalue weighted by atomic mass is 9.66. The van der Waals surface area contributed by atoms with Crippen molar-refractivity contribution in [3.05, 3.63) is 54.1 Å². The van der Waals surface area contributed by atoms with E-state index in [2.05, 4.69) is 10.3 Å². The van der Waals surface area contributed by atoms with Crippen molar-refractivity contribution >= 4 is 27.7 Å². The van der Waals surface area contributed by atoms with Crippen molar-refractivity contribution in [2.45, 2.75) is 73.4 Å². The molecule has 5 rings (SSSR count). The maximum Gasteiger partial charge on any atom is 0.310 e. The molecule has 2 heterocycles. The molecule has 1 aromatic carbocycles. The van der Waals surface area contributed by atoms with Crippen molar-refractivity contribution in [1.29, 1.82) is 5.26 Å². The Kier molecular flexibility index (Phi) is 6.95. The summed E-state index contributed by atoms with van der Waals surface area (Å²) >= 11 is 0. The molecular weight excluding hydrogens is 610 g/mol. The number of rotatable bonds is 7. The van der Waals surface area contributed by atoms with E-state index in [1.807, 2.05) is 6.19 Å². The van der Waals surface area contributed by atoms with Gasteiger partial charge in [-0.15, -0.1) is 0 Å². The van der Waals surface area contributed by atoms with E-state index in [0.717, 1.165) is 23.4 Å². The number of hydrogen-bond donors (Lipinski definition) is 1. The number of halogens is 8. The van der Waals surface area contributed by atoms with E-state index in [1.54, 1.807) is 0 Å². The van der Waals surface area contributed by atoms with E-state index >= 15 is 0 Å². The summed E-state index contributed by atoms with van der Waals surface area (Å²) < 4.78 is 110. The van der Waals surface area contributed by atoms with E-state index < -0.39 is 74.8 Å². The smallest absolute Gasteiger partial charge is 0.310 e. The van der Waals surface area contributed by atoms with Gasteiger partial charge in [-0.25, -0.2) is 13.2 Å². The van der Waals surface area contributed by atoms with E-state index in [0.29, 0.717) is 25.0 Å². The minimum Gasteiger partial charge on any atom is -0.351 e. The Morgan fingerprint density at radius 1 is 1.02 bits per heavy atom. The van der Waals surface area contributed by atoms with Crippen LogP contribution in [0.2, 0.25) is 0 Å². The molecule has 0 bridgehead atoms. The zero-order valence-corrected chi connectivity index (χ0v) is 23.3. The molecule has 7 nitrogen and oxygen atoms in total. The molecule has 3 fully saturated rings. The fourth-order valence-corrected chi connectivity index (χ4v) is 6.95. The average molecular weight is 638 g/mol. The first kappa shape index (κ1) is 30.8. The summed E-state index contributed by atoms with van der Waals surface area (Å²) in [6, 6.07) is -0.300. The van der Waals surface area contributed by atoms with Crippen LogP contribution in [0.5, 0.6) is 0 Å². The molecule has 1 saturated heterocycles. The molecule has 2 aromatic rings. The van der Waals surface area contributed by atoms with Crippen molar-refractivity contribution in [1.82, 2.24) is 15.2 Å². The fraction of sp³-hybridized carbons (Fsp3) is 0.481. The third-order valence-corrected chi connectivity index (χ3v) is 9.78. The van der Waals surface area contributed by atoms with Gasteiger partial charge in [-0.3, -0.25) is 24.4 Å². The van der Waals surface area contributed by atoms with Crippen LogP contribution in [0, 0.1) is 23.2 Å². The van der Waals surface area contributed by atoms with Crippen LogP contribution in [0.3, 0.4) is 0 Å². The summed E-state index contributed by atoms with van der Waals surface area (Å²) in [5, 5.41) is 12.4. The number of benzene rings is 1. The van der Waals surface area contributed by atoms with Crippen LogP contribution in [0.1, 0.15) is 56.6 Å². The van der Waals surface area contributed by atoms with Crippen LogP contribution >= 0.6 is 10.2 Å². The molecule has 16 heteroatoms. The van der Waals surface area contributed by atoms with Gasteiger partial charge in [0.05, 0.1) is 6.20 Å². The largest absolute Gasteiger partial charge is 0.351 e. The summed E-state index contributed by atoms with van der Waals surface area (Å²) in [4.78, 5) is 31.9. The zero-order valence-electron chi connectivity index (χ0n) is 22.5. The van der Waals surface area contributed by atoms with E-state index in [1.165, 1.54) is 4.90 Å². The second-order valence-electron chi connectivity index (χ2n) is 11.3. The summed E-state index contributed by atoms with van der Waals surface area (Å²) in [5.74, 6) is -6.04. The number of carbonyl (C=O) groups is 2. The Balaban J connectivity index is 1.62. The molecule has 0 spiro atoms. The second kappa shape index (κ2) is 9.70. The number of nitriles is 1. The number of pyridine rings is 1. The van der Waals surface area contributed by atoms with Crippen LogP contribution in [0.25, 0.3) is 0 Å². The molecule has 1 aliphatic heterocycles. The third kappa shape index (κ3) is 5.83. The van der Waals surface area contributed by atoms with E-state index in [-0.39, 0.29) is 49.4 Å². The Morgan fingerprint density at radius 3 is 2.21 bits per heavy atom. The number of carbonyl (C=O) groups excluding carboxylic acids is 2. The lowest BCUT2D eigenvalue weighted by Crippen LogP contribution is -2.65. The first-order valence-electron chi connectivity index (χ1n) is 13.5. The maximum absolute atomic E-state index is 14.5. The van der Waals surface area contributed by atoms with Gasteiger partial charge in [-0.05, 0) is 68.4 Å². The number of hydrogen-bond acceptors (Lipinski definition) is 5. The van der Waals surface area contributed by atoms with Crippen LogP contribution < -0.4 is 10.2 Å². The molecule has 234 valence electrons. The first-order chi connectivity index (χ1) is 19.8. The van der Waals surface area contributed by atoms with Crippen molar-refractivity contribution in [3.63, 3.8) is 0 Å². The Labute approximate surface area is 241 Å². The molecule has 3 aliphatic rings. The minimum atomic E-state index is -10.1. The summed E-state index contributed by atoms with van der Waals surface area (Å²) in [6.07, 6.45) is 3.67. The van der Waals surface area contributed by atoms with Gasteiger partial charge in [0, 0.05) is 42.9 Å². The number of anilines is 1. The second-order valence-corrected chi connectivity index (χ2v) is 13.7. The number of nitrogens with one attached hydrogen (secondary N) is 1. The predicted octanol–water partition coefficient (Wildman–Crippen LogP) is 6.98. The number of alkyl halides is 2. The molecule has 2 saturated carbocycles. The highest BCUT2D eigenvalue weighted by Gasteiger charge is 2.66. The van der Waals surface area contributed by atoms with E-state index in [9.17, 15) is 47.5 Å². The lowest BCUT2D eigenvalue weighted by Gasteiger charge is -2.49. The van der Waals surface area contributed by atoms with Crippen molar-refractivity contribution in [3.8, 4) is 6.19 Å². The third-order valence-electron chi connectivity index (χ3n) is 8.61. The first-order valence-corrected chi connectivity index (χ1v) is 15.4. The molecule has 2 amide bonds. The molecule has 3 atom stereocenters. The van der Waals surface area contributed by atoms with Gasteiger partial charge < -0.3 is 5.32 Å². The Hall–Kier alpha value is -3.61. The number of nitrogens with zero attached hydrogens (tertiary/aromatic N) is 4. The summed E-state index contributed by atoms with van der Waals surface area (Å²) in [7, 11) is -10.1. The van der Waals surface area contributed by atoms with Crippen LogP contribution in [-0.2, 0) is 9.59 Å². The minimum absolute atomic E-state index is 0.0891. The monoisotopic (exact) mass is 637 g/mol. The average Bonchev–Trinajstić information content (AvgIpc) is 3.15. The molecule has 0 radical (unpaired) electrons. The van der Waals surface area contributed by atoms with Gasteiger partial charge in [0.2, 0.25) is 11.8 Å². The highest BCUT2D eigenvalue weighted by atomic mass is 32.5. The normalized spacial score (nSPS) is 25.7. The van der Waals surface area contributed by atoms with Gasteiger partial charge >= 0.3 is 10.2 Å². The highest BCUT2D eigenvalue weighted by molar-refractivity contribution is 8.45. The van der Waals surface area contributed by atoms with Gasteiger partial charge in [0.25, 0.3) is 5.91 Å². The SMILES string of the molecule is N#CN1CC[C@H]2CC[C@]21C(=O)N(c1ccc(S(F)(F)(F)(F)F)cc1)C(C(=O)NC1CCC(F)(F)CC1)c1cncc(F)c1. The number of likely N-dealkylation sites (tertiary alicyclic amines) is 1. The van der Waals surface area contributed by atoms with Crippen molar-refractivity contribution in [2.24, 2.45) is 5.92 Å². The van der Waals surface area contributed by atoms with Crippen LogP contribution in [0.4, 0.5) is 38.3 Å². The lowest BCUT2D eigenvalue weighted by molar-refractivity contribution is -0.138. The predicted molar refractivity (Wildman–Crippen MR) is 140 cm³/mol. The maximum atomic E-state index is 14.5. The molecule has 2 aliphatic carbocycles. The number of fused-ring (bicyclic) bond motifs is 1.